The summed E-state index contributed by atoms with van der Waals surface area (Å²) < 4.78 is 0. The van der Waals surface area contributed by atoms with Crippen LogP contribution in [0.5, 0.6) is 0 Å². The summed E-state index contributed by atoms with van der Waals surface area (Å²) in [5, 5.41) is 11.5. The number of fused-ring (bicyclic) bond motifs is 1. The number of nitro benzene ring substituents is 1. The lowest BCUT2D eigenvalue weighted by Crippen LogP contribution is -2.11. The summed E-state index contributed by atoms with van der Waals surface area (Å²) in [5.41, 5.74) is 2.15. The van der Waals surface area contributed by atoms with Gasteiger partial charge < -0.3 is 4.98 Å². The molecule has 2 heterocycles. The van der Waals surface area contributed by atoms with Crippen molar-refractivity contribution in [2.45, 2.75) is 17.7 Å². The molecular weight excluding hydrogens is 306 g/mol. The number of aromatic amines is 2. The monoisotopic (exact) mass is 317 g/mol. The van der Waals surface area contributed by atoms with Crippen molar-refractivity contribution < 1.29 is 4.92 Å². The predicted octanol–water partition coefficient (Wildman–Crippen LogP) is 2.16. The Balaban J connectivity index is 1.92. The Kier molecular flexibility index (Phi) is 3.63. The van der Waals surface area contributed by atoms with Crippen LogP contribution in [0.2, 0.25) is 0 Å². The first-order valence-corrected chi connectivity index (χ1v) is 7.34. The Bertz CT molecular complexity index is 917. The van der Waals surface area contributed by atoms with Crippen molar-refractivity contribution in [2.75, 3.05) is 0 Å². The number of aromatic nitrogens is 4. The normalized spacial score (nSPS) is 11.0. The number of hydrogen-bond acceptors (Lipinski definition) is 6. The highest BCUT2D eigenvalue weighted by atomic mass is 32.2. The maximum absolute atomic E-state index is 11.5. The van der Waals surface area contributed by atoms with Crippen LogP contribution in [0.15, 0.2) is 34.3 Å². The summed E-state index contributed by atoms with van der Waals surface area (Å²) in [6.07, 6.45) is 1.48. The predicted molar refractivity (Wildman–Crippen MR) is 81.9 cm³/mol. The SMILES string of the molecule is Cc1c(CSc2nc(=O)[nH]c3nc[nH]c23)cccc1[N+](=O)[O-]. The zero-order valence-corrected chi connectivity index (χ0v) is 12.3. The second-order valence-corrected chi connectivity index (χ2v) is 5.54. The molecule has 3 aromatic rings. The van der Waals surface area contributed by atoms with E-state index in [1.54, 1.807) is 13.0 Å². The summed E-state index contributed by atoms with van der Waals surface area (Å²) >= 11 is 1.33. The summed E-state index contributed by atoms with van der Waals surface area (Å²) in [6.45, 7) is 1.71. The molecule has 0 unspecified atom stereocenters. The quantitative estimate of drug-likeness (QED) is 0.329. The van der Waals surface area contributed by atoms with Crippen molar-refractivity contribution >= 4 is 28.6 Å². The standard InChI is InChI=1S/C13H11N5O3S/c1-7-8(3-2-4-9(7)18(20)21)5-22-12-10-11(15-6-14-10)16-13(19)17-12/h2-4,6H,5H2,1H3,(H2,14,15,16,17,19). The molecule has 9 heteroatoms. The molecule has 22 heavy (non-hydrogen) atoms. The second-order valence-electron chi connectivity index (χ2n) is 4.58. The number of imidazole rings is 1. The van der Waals surface area contributed by atoms with Gasteiger partial charge in [0.05, 0.1) is 11.3 Å². The Morgan fingerprint density at radius 2 is 2.23 bits per heavy atom. The summed E-state index contributed by atoms with van der Waals surface area (Å²) in [5.74, 6) is 0.470. The summed E-state index contributed by atoms with van der Waals surface area (Å²) in [7, 11) is 0. The Hall–Kier alpha value is -2.68. The molecule has 2 aromatic heterocycles. The van der Waals surface area contributed by atoms with E-state index in [1.165, 1.54) is 24.2 Å². The zero-order chi connectivity index (χ0) is 15.7. The second kappa shape index (κ2) is 5.60. The molecule has 0 radical (unpaired) electrons. The van der Waals surface area contributed by atoms with Crippen LogP contribution in [0.4, 0.5) is 5.69 Å². The fraction of sp³-hybridized carbons (Fsp3) is 0.154. The van der Waals surface area contributed by atoms with Crippen LogP contribution in [0.1, 0.15) is 11.1 Å². The highest BCUT2D eigenvalue weighted by Gasteiger charge is 2.14. The third-order valence-corrected chi connectivity index (χ3v) is 4.28. The molecule has 0 spiro atoms. The summed E-state index contributed by atoms with van der Waals surface area (Å²) in [4.78, 5) is 35.4. The fourth-order valence-electron chi connectivity index (χ4n) is 2.10. The lowest BCUT2D eigenvalue weighted by molar-refractivity contribution is -0.385. The van der Waals surface area contributed by atoms with Gasteiger partial charge in [-0.05, 0) is 12.5 Å². The highest BCUT2D eigenvalue weighted by molar-refractivity contribution is 7.98. The van der Waals surface area contributed by atoms with Crippen LogP contribution in [0.3, 0.4) is 0 Å². The van der Waals surface area contributed by atoms with Crippen LogP contribution in [0, 0.1) is 17.0 Å². The minimum Gasteiger partial charge on any atom is -0.341 e. The van der Waals surface area contributed by atoms with E-state index in [2.05, 4.69) is 19.9 Å². The molecule has 0 atom stereocenters. The highest BCUT2D eigenvalue weighted by Crippen LogP contribution is 2.29. The van der Waals surface area contributed by atoms with E-state index in [1.807, 2.05) is 6.07 Å². The van der Waals surface area contributed by atoms with Crippen molar-refractivity contribution in [1.29, 1.82) is 0 Å². The van der Waals surface area contributed by atoms with Crippen LogP contribution in [-0.2, 0) is 5.75 Å². The molecule has 0 saturated heterocycles. The molecule has 112 valence electrons. The maximum atomic E-state index is 11.5. The van der Waals surface area contributed by atoms with Gasteiger partial charge in [-0.15, -0.1) is 0 Å². The third-order valence-electron chi connectivity index (χ3n) is 3.26. The lowest BCUT2D eigenvalue weighted by Gasteiger charge is -2.06. The Morgan fingerprint density at radius 3 is 3.00 bits per heavy atom. The van der Waals surface area contributed by atoms with Gasteiger partial charge in [-0.1, -0.05) is 23.9 Å². The van der Waals surface area contributed by atoms with E-state index in [0.29, 0.717) is 27.5 Å². The molecule has 8 nitrogen and oxygen atoms in total. The minimum absolute atomic E-state index is 0.0867. The van der Waals surface area contributed by atoms with E-state index in [9.17, 15) is 14.9 Å². The van der Waals surface area contributed by atoms with Crippen LogP contribution >= 0.6 is 11.8 Å². The van der Waals surface area contributed by atoms with E-state index < -0.39 is 10.6 Å². The van der Waals surface area contributed by atoms with Gasteiger partial charge in [-0.3, -0.25) is 15.1 Å². The van der Waals surface area contributed by atoms with Crippen molar-refractivity contribution in [3.63, 3.8) is 0 Å². The van der Waals surface area contributed by atoms with Crippen molar-refractivity contribution in [3.05, 3.63) is 56.3 Å². The van der Waals surface area contributed by atoms with E-state index in [0.717, 1.165) is 5.56 Å². The first-order chi connectivity index (χ1) is 10.6. The summed E-state index contributed by atoms with van der Waals surface area (Å²) in [6, 6.07) is 4.95. The van der Waals surface area contributed by atoms with Gasteiger partial charge in [0.15, 0.2) is 5.65 Å². The third kappa shape index (κ3) is 2.58. The number of benzene rings is 1. The lowest BCUT2D eigenvalue weighted by atomic mass is 10.1. The molecule has 2 N–H and O–H groups in total. The molecule has 1 aromatic carbocycles. The van der Waals surface area contributed by atoms with Crippen molar-refractivity contribution in [3.8, 4) is 0 Å². The largest absolute Gasteiger partial charge is 0.347 e. The molecule has 0 amide bonds. The van der Waals surface area contributed by atoms with Crippen LogP contribution < -0.4 is 5.69 Å². The first kappa shape index (κ1) is 14.3. The van der Waals surface area contributed by atoms with Crippen molar-refractivity contribution in [2.24, 2.45) is 0 Å². The molecular formula is C13H11N5O3S. The van der Waals surface area contributed by atoms with E-state index in [-0.39, 0.29) is 5.69 Å². The average Bonchev–Trinajstić information content (AvgIpc) is 2.93. The van der Waals surface area contributed by atoms with Gasteiger partial charge >= 0.3 is 5.69 Å². The number of thioether (sulfide) groups is 1. The molecule has 0 aliphatic rings. The van der Waals surface area contributed by atoms with Gasteiger partial charge in [-0.2, -0.15) is 4.98 Å². The first-order valence-electron chi connectivity index (χ1n) is 6.35. The molecule has 0 saturated carbocycles. The Morgan fingerprint density at radius 1 is 1.41 bits per heavy atom. The number of nitrogens with zero attached hydrogens (tertiary/aromatic N) is 3. The molecule has 0 bridgehead atoms. The fourth-order valence-corrected chi connectivity index (χ4v) is 3.16. The molecule has 0 aliphatic carbocycles. The Labute approximate surface area is 128 Å². The van der Waals surface area contributed by atoms with Gasteiger partial charge in [-0.25, -0.2) is 9.78 Å². The van der Waals surface area contributed by atoms with Gasteiger partial charge in [0.2, 0.25) is 0 Å². The maximum Gasteiger partial charge on any atom is 0.347 e. The van der Waals surface area contributed by atoms with Crippen LogP contribution in [-0.4, -0.2) is 24.9 Å². The number of rotatable bonds is 4. The van der Waals surface area contributed by atoms with E-state index >= 15 is 0 Å². The number of hydrogen-bond donors (Lipinski definition) is 2. The van der Waals surface area contributed by atoms with E-state index in [4.69, 9.17) is 0 Å². The van der Waals surface area contributed by atoms with Gasteiger partial charge in [0.25, 0.3) is 5.69 Å². The van der Waals surface area contributed by atoms with Crippen LogP contribution in [0.25, 0.3) is 11.2 Å². The molecule has 0 aliphatic heterocycles. The zero-order valence-electron chi connectivity index (χ0n) is 11.5. The number of nitro groups is 1. The number of nitrogens with one attached hydrogen (secondary N) is 2. The molecule has 3 rings (SSSR count). The smallest absolute Gasteiger partial charge is 0.341 e. The molecule has 0 fully saturated rings. The average molecular weight is 317 g/mol. The number of H-pyrrole nitrogens is 2. The van der Waals surface area contributed by atoms with Gasteiger partial charge in [0.1, 0.15) is 10.5 Å². The van der Waals surface area contributed by atoms with Gasteiger partial charge in [0, 0.05) is 17.4 Å². The van der Waals surface area contributed by atoms with Crippen molar-refractivity contribution in [1.82, 2.24) is 19.9 Å². The topological polar surface area (TPSA) is 118 Å². The minimum atomic E-state index is -0.474.